The molecule has 1 fully saturated rings. The van der Waals surface area contributed by atoms with Gasteiger partial charge >= 0.3 is 0 Å². The molecule has 6 nitrogen and oxygen atoms in total. The predicted molar refractivity (Wildman–Crippen MR) is 49.7 cm³/mol. The largest absolute Gasteiger partial charge is 0.381 e. The summed E-state index contributed by atoms with van der Waals surface area (Å²) >= 11 is 0. The molecular weight excluding hydrogens is 182 g/mol. The molecule has 0 spiro atoms. The molecule has 1 unspecified atom stereocenters. The van der Waals surface area contributed by atoms with Crippen LogP contribution in [0.4, 0.5) is 0 Å². The summed E-state index contributed by atoms with van der Waals surface area (Å²) in [5.41, 5.74) is 5.44. The number of aryl methyl sites for hydroxylation is 1. The molecule has 0 saturated carbocycles. The Morgan fingerprint density at radius 3 is 3.21 bits per heavy atom. The van der Waals surface area contributed by atoms with Gasteiger partial charge in [0, 0.05) is 19.1 Å². The van der Waals surface area contributed by atoms with Gasteiger partial charge in [0.1, 0.15) is 0 Å². The number of rotatable bonds is 4. The van der Waals surface area contributed by atoms with Gasteiger partial charge in [-0.05, 0) is 29.8 Å². The van der Waals surface area contributed by atoms with E-state index in [0.717, 1.165) is 38.4 Å². The van der Waals surface area contributed by atoms with Gasteiger partial charge < -0.3 is 10.5 Å². The van der Waals surface area contributed by atoms with Crippen LogP contribution in [0.1, 0.15) is 24.6 Å². The Labute approximate surface area is 82.4 Å². The maximum atomic E-state index is 5.44. The Morgan fingerprint density at radius 1 is 1.57 bits per heavy atom. The lowest BCUT2D eigenvalue weighted by molar-refractivity contribution is 0.192. The monoisotopic (exact) mass is 197 g/mol. The van der Waals surface area contributed by atoms with Gasteiger partial charge in [-0.2, -0.15) is 0 Å². The summed E-state index contributed by atoms with van der Waals surface area (Å²) in [5, 5.41) is 11.7. The van der Waals surface area contributed by atoms with Crippen LogP contribution < -0.4 is 5.73 Å². The fourth-order valence-electron chi connectivity index (χ4n) is 1.64. The summed E-state index contributed by atoms with van der Waals surface area (Å²) < 4.78 is 7.15. The van der Waals surface area contributed by atoms with Crippen LogP contribution in [0.3, 0.4) is 0 Å². The van der Waals surface area contributed by atoms with Crippen molar-refractivity contribution in [2.45, 2.75) is 25.3 Å². The van der Waals surface area contributed by atoms with E-state index in [4.69, 9.17) is 10.5 Å². The zero-order chi connectivity index (χ0) is 9.80. The first-order chi connectivity index (χ1) is 6.92. The molecule has 1 atom stereocenters. The quantitative estimate of drug-likeness (QED) is 0.705. The number of aromatic nitrogens is 4. The smallest absolute Gasteiger partial charge is 0.156 e. The molecule has 78 valence electrons. The number of ether oxygens (including phenoxy) is 1. The fourth-order valence-corrected chi connectivity index (χ4v) is 1.64. The zero-order valence-electron chi connectivity index (χ0n) is 8.09. The van der Waals surface area contributed by atoms with Crippen LogP contribution in [0.2, 0.25) is 0 Å². The van der Waals surface area contributed by atoms with Crippen molar-refractivity contribution in [1.29, 1.82) is 0 Å². The van der Waals surface area contributed by atoms with Crippen LogP contribution in [0, 0.1) is 0 Å². The minimum absolute atomic E-state index is 0.364. The Kier molecular flexibility index (Phi) is 3.05. The van der Waals surface area contributed by atoms with E-state index < -0.39 is 0 Å². The van der Waals surface area contributed by atoms with E-state index >= 15 is 0 Å². The molecule has 0 aliphatic carbocycles. The maximum absolute atomic E-state index is 5.44. The van der Waals surface area contributed by atoms with Crippen molar-refractivity contribution in [2.24, 2.45) is 5.73 Å². The normalized spacial score (nSPS) is 21.6. The van der Waals surface area contributed by atoms with Crippen LogP contribution in [-0.4, -0.2) is 40.0 Å². The summed E-state index contributed by atoms with van der Waals surface area (Å²) in [7, 11) is 0. The van der Waals surface area contributed by atoms with Crippen molar-refractivity contribution in [3.05, 3.63) is 5.82 Å². The molecule has 0 radical (unpaired) electrons. The molecule has 1 aliphatic rings. The molecule has 2 rings (SSSR count). The van der Waals surface area contributed by atoms with Crippen molar-refractivity contribution in [3.63, 3.8) is 0 Å². The molecule has 1 aromatic rings. The number of hydrogen-bond acceptors (Lipinski definition) is 5. The van der Waals surface area contributed by atoms with E-state index in [1.165, 1.54) is 0 Å². The first-order valence-corrected chi connectivity index (χ1v) is 4.95. The summed E-state index contributed by atoms with van der Waals surface area (Å²) in [6.07, 6.45) is 1.93. The zero-order valence-corrected chi connectivity index (χ0v) is 8.09. The molecule has 1 aliphatic heterocycles. The minimum Gasteiger partial charge on any atom is -0.381 e. The molecule has 6 heteroatoms. The second-order valence-corrected chi connectivity index (χ2v) is 3.46. The average molecular weight is 197 g/mol. The van der Waals surface area contributed by atoms with E-state index in [9.17, 15) is 0 Å². The third kappa shape index (κ3) is 1.91. The van der Waals surface area contributed by atoms with Crippen LogP contribution in [0.25, 0.3) is 0 Å². The van der Waals surface area contributed by atoms with Gasteiger partial charge in [-0.15, -0.1) is 5.10 Å². The van der Waals surface area contributed by atoms with E-state index in [0.29, 0.717) is 12.5 Å². The summed E-state index contributed by atoms with van der Waals surface area (Å²) in [6.45, 7) is 3.02. The fraction of sp³-hybridized carbons (Fsp3) is 0.875. The van der Waals surface area contributed by atoms with Crippen molar-refractivity contribution in [3.8, 4) is 0 Å². The lowest BCUT2D eigenvalue weighted by Crippen LogP contribution is -2.13. The standard InChI is InChI=1S/C8H15N5O/c9-3-1-4-13-8(10-11-12-13)7-2-5-14-6-7/h7H,1-6,9H2. The molecule has 0 amide bonds. The maximum Gasteiger partial charge on any atom is 0.156 e. The highest BCUT2D eigenvalue weighted by molar-refractivity contribution is 4.95. The van der Waals surface area contributed by atoms with Gasteiger partial charge in [-0.1, -0.05) is 0 Å². The van der Waals surface area contributed by atoms with Crippen molar-refractivity contribution < 1.29 is 4.74 Å². The third-order valence-corrected chi connectivity index (χ3v) is 2.43. The summed E-state index contributed by atoms with van der Waals surface area (Å²) in [6, 6.07) is 0. The van der Waals surface area contributed by atoms with Crippen LogP contribution >= 0.6 is 0 Å². The SMILES string of the molecule is NCCCn1nnnc1C1CCOC1. The molecule has 2 heterocycles. The van der Waals surface area contributed by atoms with E-state index in [-0.39, 0.29) is 0 Å². The highest BCUT2D eigenvalue weighted by Crippen LogP contribution is 2.22. The Morgan fingerprint density at radius 2 is 2.50 bits per heavy atom. The topological polar surface area (TPSA) is 78.9 Å². The van der Waals surface area contributed by atoms with Crippen molar-refractivity contribution in [1.82, 2.24) is 20.2 Å². The van der Waals surface area contributed by atoms with E-state index in [1.807, 2.05) is 4.68 Å². The van der Waals surface area contributed by atoms with Crippen molar-refractivity contribution in [2.75, 3.05) is 19.8 Å². The van der Waals surface area contributed by atoms with Gasteiger partial charge in [-0.3, -0.25) is 0 Å². The lowest BCUT2D eigenvalue weighted by atomic mass is 10.1. The Bertz CT molecular complexity index is 281. The second-order valence-electron chi connectivity index (χ2n) is 3.46. The summed E-state index contributed by atoms with van der Waals surface area (Å²) in [5.74, 6) is 1.30. The van der Waals surface area contributed by atoms with Crippen LogP contribution in [0.15, 0.2) is 0 Å². The van der Waals surface area contributed by atoms with Crippen LogP contribution in [0.5, 0.6) is 0 Å². The first kappa shape index (κ1) is 9.54. The summed E-state index contributed by atoms with van der Waals surface area (Å²) in [4.78, 5) is 0. The second kappa shape index (κ2) is 4.47. The number of tetrazole rings is 1. The third-order valence-electron chi connectivity index (χ3n) is 2.43. The first-order valence-electron chi connectivity index (χ1n) is 4.95. The molecule has 1 saturated heterocycles. The highest BCUT2D eigenvalue weighted by atomic mass is 16.5. The van der Waals surface area contributed by atoms with Crippen LogP contribution in [-0.2, 0) is 11.3 Å². The number of nitrogens with zero attached hydrogens (tertiary/aromatic N) is 4. The average Bonchev–Trinajstić information content (AvgIpc) is 2.84. The molecule has 14 heavy (non-hydrogen) atoms. The molecule has 2 N–H and O–H groups in total. The minimum atomic E-state index is 0.364. The van der Waals surface area contributed by atoms with Gasteiger partial charge in [0.2, 0.25) is 0 Å². The predicted octanol–water partition coefficient (Wildman–Crippen LogP) is -0.474. The number of nitrogens with two attached hydrogens (primary N) is 1. The molecule has 0 bridgehead atoms. The highest BCUT2D eigenvalue weighted by Gasteiger charge is 2.23. The number of hydrogen-bond donors (Lipinski definition) is 1. The Balaban J connectivity index is 2.04. The molecule has 0 aromatic carbocycles. The molecule has 1 aromatic heterocycles. The van der Waals surface area contributed by atoms with Gasteiger partial charge in [0.05, 0.1) is 6.61 Å². The van der Waals surface area contributed by atoms with Gasteiger partial charge in [0.15, 0.2) is 5.82 Å². The lowest BCUT2D eigenvalue weighted by Gasteiger charge is -2.07. The Hall–Kier alpha value is -1.01. The van der Waals surface area contributed by atoms with Gasteiger partial charge in [-0.25, -0.2) is 4.68 Å². The van der Waals surface area contributed by atoms with Gasteiger partial charge in [0.25, 0.3) is 0 Å². The van der Waals surface area contributed by atoms with E-state index in [2.05, 4.69) is 15.5 Å². The van der Waals surface area contributed by atoms with E-state index in [1.54, 1.807) is 0 Å². The van der Waals surface area contributed by atoms with Crippen molar-refractivity contribution >= 4 is 0 Å². The molecular formula is C8H15N5O.